The summed E-state index contributed by atoms with van der Waals surface area (Å²) in [6.07, 6.45) is 4.48. The molecule has 26 heavy (non-hydrogen) atoms. The summed E-state index contributed by atoms with van der Waals surface area (Å²) in [6, 6.07) is 7.70. The first kappa shape index (κ1) is 18.7. The Hall–Kier alpha value is -2.08. The van der Waals surface area contributed by atoms with E-state index < -0.39 is 0 Å². The summed E-state index contributed by atoms with van der Waals surface area (Å²) in [7, 11) is 0. The minimum atomic E-state index is -0.177. The Bertz CT molecular complexity index is 636. The lowest BCUT2D eigenvalue weighted by molar-refractivity contribution is -0.130. The van der Waals surface area contributed by atoms with Crippen molar-refractivity contribution in [2.24, 2.45) is 0 Å². The maximum atomic E-state index is 12.2. The van der Waals surface area contributed by atoms with Gasteiger partial charge in [-0.25, -0.2) is 4.79 Å². The number of likely N-dealkylation sites (tertiary alicyclic amines) is 1. The molecule has 0 saturated carbocycles. The van der Waals surface area contributed by atoms with E-state index in [1.807, 2.05) is 29.2 Å². The van der Waals surface area contributed by atoms with E-state index >= 15 is 0 Å². The fraction of sp³-hybridized carbons (Fsp3) is 0.600. The van der Waals surface area contributed by atoms with Crippen LogP contribution in [0.25, 0.3) is 0 Å². The van der Waals surface area contributed by atoms with Crippen molar-refractivity contribution in [2.45, 2.75) is 57.5 Å². The quantitative estimate of drug-likeness (QED) is 0.757. The van der Waals surface area contributed by atoms with Gasteiger partial charge in [0, 0.05) is 36.8 Å². The maximum Gasteiger partial charge on any atom is 0.319 e. The molecule has 0 aromatic heterocycles. The van der Waals surface area contributed by atoms with Crippen molar-refractivity contribution in [1.82, 2.24) is 15.5 Å². The summed E-state index contributed by atoms with van der Waals surface area (Å²) in [5, 5.41) is 9.32. The summed E-state index contributed by atoms with van der Waals surface area (Å²) < 4.78 is 0. The number of carbonyl (C=O) groups is 2. The van der Waals surface area contributed by atoms with Crippen LogP contribution in [0.4, 0.5) is 10.5 Å². The van der Waals surface area contributed by atoms with Crippen molar-refractivity contribution in [2.75, 3.05) is 25.0 Å². The van der Waals surface area contributed by atoms with Crippen molar-refractivity contribution in [1.29, 1.82) is 0 Å². The monoisotopic (exact) mass is 358 g/mol. The Morgan fingerprint density at radius 3 is 2.50 bits per heavy atom. The molecule has 2 aliphatic heterocycles. The van der Waals surface area contributed by atoms with Crippen LogP contribution in [0.3, 0.4) is 0 Å². The van der Waals surface area contributed by atoms with E-state index in [9.17, 15) is 9.59 Å². The molecular weight excluding hydrogens is 328 g/mol. The molecule has 1 atom stereocenters. The van der Waals surface area contributed by atoms with Crippen LogP contribution in [0, 0.1) is 0 Å². The highest BCUT2D eigenvalue weighted by molar-refractivity contribution is 5.89. The molecule has 0 radical (unpaired) electrons. The molecule has 1 aromatic carbocycles. The van der Waals surface area contributed by atoms with Gasteiger partial charge in [0.15, 0.2) is 0 Å². The molecule has 6 nitrogen and oxygen atoms in total. The zero-order valence-corrected chi connectivity index (χ0v) is 15.8. The smallest absolute Gasteiger partial charge is 0.319 e. The lowest BCUT2D eigenvalue weighted by atomic mass is 9.97. The molecule has 0 bridgehead atoms. The second kappa shape index (κ2) is 8.08. The number of nitrogens with zero attached hydrogens (tertiary/aromatic N) is 1. The summed E-state index contributed by atoms with van der Waals surface area (Å²) >= 11 is 0. The van der Waals surface area contributed by atoms with E-state index in [1.54, 1.807) is 0 Å². The first-order chi connectivity index (χ1) is 12.4. The SMILES string of the molecule is CC1(C)NCCC1NC(=O)Nc1ccc(CCC(=O)N2CCCC2)cc1. The molecule has 0 spiro atoms. The van der Waals surface area contributed by atoms with Crippen molar-refractivity contribution >= 4 is 17.6 Å². The van der Waals surface area contributed by atoms with Gasteiger partial charge in [-0.15, -0.1) is 0 Å². The van der Waals surface area contributed by atoms with Crippen molar-refractivity contribution in [3.63, 3.8) is 0 Å². The number of rotatable bonds is 5. The molecule has 3 rings (SSSR count). The Morgan fingerprint density at radius 2 is 1.88 bits per heavy atom. The summed E-state index contributed by atoms with van der Waals surface area (Å²) in [6.45, 7) is 6.93. The van der Waals surface area contributed by atoms with Gasteiger partial charge in [-0.05, 0) is 63.8 Å². The van der Waals surface area contributed by atoms with Gasteiger partial charge >= 0.3 is 6.03 Å². The molecule has 3 N–H and O–H groups in total. The van der Waals surface area contributed by atoms with Gasteiger partial charge in [0.2, 0.25) is 5.91 Å². The highest BCUT2D eigenvalue weighted by atomic mass is 16.2. The third-order valence-electron chi connectivity index (χ3n) is 5.49. The van der Waals surface area contributed by atoms with Crippen LogP contribution in [0.1, 0.15) is 45.1 Å². The molecule has 6 heteroatoms. The highest BCUT2D eigenvalue weighted by Crippen LogP contribution is 2.19. The largest absolute Gasteiger partial charge is 0.343 e. The molecule has 2 aliphatic rings. The molecule has 2 heterocycles. The van der Waals surface area contributed by atoms with Gasteiger partial charge in [-0.1, -0.05) is 12.1 Å². The number of urea groups is 1. The Morgan fingerprint density at radius 1 is 1.19 bits per heavy atom. The number of hydrogen-bond donors (Lipinski definition) is 3. The van der Waals surface area contributed by atoms with Gasteiger partial charge in [0.1, 0.15) is 0 Å². The maximum absolute atomic E-state index is 12.2. The van der Waals surface area contributed by atoms with E-state index in [-0.39, 0.29) is 23.5 Å². The normalized spacial score (nSPS) is 21.6. The van der Waals surface area contributed by atoms with Gasteiger partial charge in [0.25, 0.3) is 0 Å². The zero-order valence-electron chi connectivity index (χ0n) is 15.8. The summed E-state index contributed by atoms with van der Waals surface area (Å²) in [5.41, 5.74) is 1.80. The van der Waals surface area contributed by atoms with Crippen LogP contribution in [0.5, 0.6) is 0 Å². The predicted octanol–water partition coefficient (Wildman–Crippen LogP) is 2.50. The number of hydrogen-bond acceptors (Lipinski definition) is 3. The Labute approximate surface area is 155 Å². The first-order valence-electron chi connectivity index (χ1n) is 9.63. The topological polar surface area (TPSA) is 73.5 Å². The Balaban J connectivity index is 1.45. The van der Waals surface area contributed by atoms with Crippen LogP contribution < -0.4 is 16.0 Å². The number of anilines is 1. The van der Waals surface area contributed by atoms with E-state index in [2.05, 4.69) is 29.8 Å². The average Bonchev–Trinajstić information content (AvgIpc) is 3.24. The first-order valence-corrected chi connectivity index (χ1v) is 9.63. The fourth-order valence-corrected chi connectivity index (χ4v) is 3.73. The number of carbonyl (C=O) groups excluding carboxylic acids is 2. The Kier molecular flexibility index (Phi) is 5.81. The van der Waals surface area contributed by atoms with Crippen LogP contribution in [0.15, 0.2) is 24.3 Å². The second-order valence-electron chi connectivity index (χ2n) is 7.87. The molecule has 2 saturated heterocycles. The third-order valence-corrected chi connectivity index (χ3v) is 5.49. The average molecular weight is 358 g/mol. The molecular formula is C20H30N4O2. The van der Waals surface area contributed by atoms with Crippen molar-refractivity contribution in [3.8, 4) is 0 Å². The number of nitrogens with one attached hydrogen (secondary N) is 3. The predicted molar refractivity (Wildman–Crippen MR) is 103 cm³/mol. The zero-order chi connectivity index (χ0) is 18.6. The van der Waals surface area contributed by atoms with Crippen molar-refractivity contribution in [3.05, 3.63) is 29.8 Å². The van der Waals surface area contributed by atoms with Gasteiger partial charge in [-0.3, -0.25) is 4.79 Å². The van der Waals surface area contributed by atoms with Crippen LogP contribution in [-0.2, 0) is 11.2 Å². The van der Waals surface area contributed by atoms with Gasteiger partial charge in [0.05, 0.1) is 0 Å². The molecule has 1 aromatic rings. The standard InChI is InChI=1S/C20H30N4O2/c1-20(2)17(11-12-21-20)23-19(26)22-16-8-5-15(6-9-16)7-10-18(25)24-13-3-4-14-24/h5-6,8-9,17,21H,3-4,7,10-14H2,1-2H3,(H2,22,23,26). The molecule has 2 fully saturated rings. The van der Waals surface area contributed by atoms with E-state index in [4.69, 9.17) is 0 Å². The minimum absolute atomic E-state index is 0.0803. The van der Waals surface area contributed by atoms with E-state index in [0.29, 0.717) is 6.42 Å². The van der Waals surface area contributed by atoms with E-state index in [1.165, 1.54) is 0 Å². The summed E-state index contributed by atoms with van der Waals surface area (Å²) in [4.78, 5) is 26.3. The molecule has 1 unspecified atom stereocenters. The lowest BCUT2D eigenvalue weighted by Crippen LogP contribution is -2.51. The fourth-order valence-electron chi connectivity index (χ4n) is 3.73. The van der Waals surface area contributed by atoms with Crippen LogP contribution in [-0.4, -0.2) is 48.1 Å². The second-order valence-corrected chi connectivity index (χ2v) is 7.87. The summed E-state index contributed by atoms with van der Waals surface area (Å²) in [5.74, 6) is 0.247. The van der Waals surface area contributed by atoms with Gasteiger partial charge < -0.3 is 20.9 Å². The number of amides is 3. The van der Waals surface area contributed by atoms with Gasteiger partial charge in [-0.2, -0.15) is 0 Å². The van der Waals surface area contributed by atoms with Crippen molar-refractivity contribution < 1.29 is 9.59 Å². The molecule has 3 amide bonds. The highest BCUT2D eigenvalue weighted by Gasteiger charge is 2.34. The van der Waals surface area contributed by atoms with Crippen LogP contribution >= 0.6 is 0 Å². The van der Waals surface area contributed by atoms with Crippen LogP contribution in [0.2, 0.25) is 0 Å². The molecule has 0 aliphatic carbocycles. The third kappa shape index (κ3) is 4.75. The lowest BCUT2D eigenvalue weighted by Gasteiger charge is -2.27. The van der Waals surface area contributed by atoms with E-state index in [0.717, 1.165) is 56.6 Å². The minimum Gasteiger partial charge on any atom is -0.343 e. The number of aryl methyl sites for hydroxylation is 1. The molecule has 142 valence electrons. The number of benzene rings is 1.